The first-order valence-electron chi connectivity index (χ1n) is 6.21. The summed E-state index contributed by atoms with van der Waals surface area (Å²) in [7, 11) is 1.72. The molecule has 1 aromatic rings. The number of carbonyl (C=O) groups is 2. The molecule has 0 aromatic carbocycles. The molecule has 1 aromatic heterocycles. The number of amides is 3. The molecule has 8 heteroatoms. The van der Waals surface area contributed by atoms with Crippen LogP contribution in [-0.2, 0) is 16.7 Å². The third-order valence-electron chi connectivity index (χ3n) is 3.63. The number of hydrogen-bond acceptors (Lipinski definition) is 4. The van der Waals surface area contributed by atoms with E-state index in [1.807, 2.05) is 0 Å². The minimum atomic E-state index is -0.807. The lowest BCUT2D eigenvalue weighted by molar-refractivity contribution is -0.123. The summed E-state index contributed by atoms with van der Waals surface area (Å²) in [6.45, 7) is 4.14. The molecule has 1 fully saturated rings. The van der Waals surface area contributed by atoms with Crippen molar-refractivity contribution in [2.24, 2.45) is 12.8 Å². The topological polar surface area (TPSA) is 93.7 Å². The van der Waals surface area contributed by atoms with Crippen molar-refractivity contribution in [1.29, 1.82) is 0 Å². The molecule has 3 amide bonds. The minimum Gasteiger partial charge on any atom is -0.368 e. The minimum absolute atomic E-state index is 0.215. The molecule has 106 valence electrons. The first-order chi connectivity index (χ1) is 9.56. The molecule has 2 atom stereocenters. The van der Waals surface area contributed by atoms with E-state index < -0.39 is 11.9 Å². The van der Waals surface area contributed by atoms with Gasteiger partial charge in [-0.05, 0) is 0 Å². The van der Waals surface area contributed by atoms with Crippen LogP contribution in [0.25, 0.3) is 0 Å². The van der Waals surface area contributed by atoms with Gasteiger partial charge in [-0.1, -0.05) is 6.08 Å². The fraction of sp³-hybridized carbons (Fsp3) is 0.417. The van der Waals surface area contributed by atoms with Crippen LogP contribution in [0.1, 0.15) is 23.3 Å². The van der Waals surface area contributed by atoms with E-state index in [0.717, 1.165) is 5.56 Å². The van der Waals surface area contributed by atoms with Gasteiger partial charge in [-0.3, -0.25) is 14.3 Å². The molecular weight excluding hydrogens is 262 g/mol. The van der Waals surface area contributed by atoms with E-state index in [4.69, 9.17) is 10.6 Å². The van der Waals surface area contributed by atoms with Crippen molar-refractivity contribution in [1.82, 2.24) is 19.7 Å². The summed E-state index contributed by atoms with van der Waals surface area (Å²) in [4.78, 5) is 30.9. The van der Waals surface area contributed by atoms with Gasteiger partial charge in [-0.2, -0.15) is 10.2 Å². The predicted octanol–water partition coefficient (Wildman–Crippen LogP) is -0.144. The Balaban J connectivity index is 2.06. The van der Waals surface area contributed by atoms with E-state index in [1.165, 1.54) is 9.96 Å². The average molecular weight is 277 g/mol. The number of carbonyl (C=O) groups excluding carboxylic acids is 2. The van der Waals surface area contributed by atoms with Gasteiger partial charge < -0.3 is 10.6 Å². The second kappa shape index (κ2) is 4.34. The van der Waals surface area contributed by atoms with E-state index in [0.29, 0.717) is 12.2 Å². The van der Waals surface area contributed by atoms with Crippen molar-refractivity contribution in [2.75, 3.05) is 13.2 Å². The van der Waals surface area contributed by atoms with Crippen molar-refractivity contribution >= 4 is 11.9 Å². The standard InChI is InChI=1S/C12H15N5O3/c1-3-4-20-17-8-6-16(12(17)19)10(11(13)18)9-7(8)5-14-15(9)2/h3,5,8,10H,1,4,6H2,2H3,(H2,13,18)/t8-,10?/m1/s1. The highest BCUT2D eigenvalue weighted by Crippen LogP contribution is 2.43. The maximum Gasteiger partial charge on any atom is 0.345 e. The van der Waals surface area contributed by atoms with Gasteiger partial charge in [-0.15, -0.1) is 6.58 Å². The number of aromatic nitrogens is 2. The Morgan fingerprint density at radius 2 is 2.45 bits per heavy atom. The number of nitrogens with two attached hydrogens (primary N) is 1. The molecule has 1 unspecified atom stereocenters. The third-order valence-corrected chi connectivity index (χ3v) is 3.63. The molecule has 2 aliphatic rings. The number of aryl methyl sites for hydroxylation is 1. The number of hydrogen-bond donors (Lipinski definition) is 1. The smallest absolute Gasteiger partial charge is 0.345 e. The fourth-order valence-electron chi connectivity index (χ4n) is 2.81. The van der Waals surface area contributed by atoms with Gasteiger partial charge in [0.05, 0.1) is 25.0 Å². The summed E-state index contributed by atoms with van der Waals surface area (Å²) in [5.41, 5.74) is 6.89. The van der Waals surface area contributed by atoms with Crippen LogP contribution in [0.4, 0.5) is 4.79 Å². The number of nitrogens with zero attached hydrogens (tertiary/aromatic N) is 4. The summed E-state index contributed by atoms with van der Waals surface area (Å²) in [5.74, 6) is -0.577. The largest absolute Gasteiger partial charge is 0.368 e. The van der Waals surface area contributed by atoms with E-state index in [1.54, 1.807) is 24.0 Å². The zero-order chi connectivity index (χ0) is 14.4. The molecule has 3 heterocycles. The lowest BCUT2D eigenvalue weighted by Crippen LogP contribution is -2.42. The molecule has 8 nitrogen and oxygen atoms in total. The number of hydroxylamine groups is 2. The van der Waals surface area contributed by atoms with Crippen molar-refractivity contribution < 1.29 is 14.4 Å². The van der Waals surface area contributed by atoms with Crippen LogP contribution in [0, 0.1) is 0 Å². The van der Waals surface area contributed by atoms with Crippen LogP contribution >= 0.6 is 0 Å². The Morgan fingerprint density at radius 1 is 1.70 bits per heavy atom. The molecule has 2 bridgehead atoms. The van der Waals surface area contributed by atoms with Gasteiger partial charge in [0.25, 0.3) is 0 Å². The monoisotopic (exact) mass is 277 g/mol. The Kier molecular flexibility index (Phi) is 2.75. The normalized spacial score (nSPS) is 23.9. The Labute approximate surface area is 115 Å². The highest BCUT2D eigenvalue weighted by atomic mass is 16.7. The van der Waals surface area contributed by atoms with Crippen LogP contribution in [0.3, 0.4) is 0 Å². The van der Waals surface area contributed by atoms with Crippen molar-refractivity contribution in [3.63, 3.8) is 0 Å². The molecule has 0 spiro atoms. The molecule has 2 aliphatic heterocycles. The number of urea groups is 1. The molecule has 3 rings (SSSR count). The lowest BCUT2D eigenvalue weighted by atomic mass is 9.98. The second-order valence-electron chi connectivity index (χ2n) is 4.77. The van der Waals surface area contributed by atoms with Crippen molar-refractivity contribution in [3.05, 3.63) is 30.1 Å². The lowest BCUT2D eigenvalue weighted by Gasteiger charge is -2.28. The molecule has 1 saturated heterocycles. The number of rotatable bonds is 4. The van der Waals surface area contributed by atoms with Crippen LogP contribution in [0.5, 0.6) is 0 Å². The first-order valence-corrected chi connectivity index (χ1v) is 6.21. The molecule has 20 heavy (non-hydrogen) atoms. The van der Waals surface area contributed by atoms with Crippen LogP contribution in [-0.4, -0.2) is 44.8 Å². The van der Waals surface area contributed by atoms with Gasteiger partial charge in [0.15, 0.2) is 6.04 Å². The van der Waals surface area contributed by atoms with E-state index in [2.05, 4.69) is 11.7 Å². The zero-order valence-corrected chi connectivity index (χ0v) is 11.0. The second-order valence-corrected chi connectivity index (χ2v) is 4.77. The van der Waals surface area contributed by atoms with Gasteiger partial charge >= 0.3 is 6.03 Å². The van der Waals surface area contributed by atoms with Crippen LogP contribution in [0.15, 0.2) is 18.9 Å². The van der Waals surface area contributed by atoms with E-state index in [9.17, 15) is 9.59 Å². The highest BCUT2D eigenvalue weighted by Gasteiger charge is 2.52. The average Bonchev–Trinajstić information content (AvgIpc) is 2.91. The van der Waals surface area contributed by atoms with E-state index in [-0.39, 0.29) is 18.7 Å². The summed E-state index contributed by atoms with van der Waals surface area (Å²) >= 11 is 0. The van der Waals surface area contributed by atoms with E-state index >= 15 is 0 Å². The van der Waals surface area contributed by atoms with Crippen molar-refractivity contribution in [3.8, 4) is 0 Å². The summed E-state index contributed by atoms with van der Waals surface area (Å²) in [6, 6.07) is -1.45. The van der Waals surface area contributed by atoms with Crippen LogP contribution in [0.2, 0.25) is 0 Å². The van der Waals surface area contributed by atoms with Gasteiger partial charge in [0.1, 0.15) is 6.04 Å². The Hall–Kier alpha value is -2.35. The summed E-state index contributed by atoms with van der Waals surface area (Å²) < 4.78 is 1.58. The number of fused-ring (bicyclic) bond motifs is 4. The first kappa shape index (κ1) is 12.7. The Bertz CT molecular complexity index is 596. The molecular formula is C12H15N5O3. The van der Waals surface area contributed by atoms with Gasteiger partial charge in [0.2, 0.25) is 5.91 Å². The summed E-state index contributed by atoms with van der Waals surface area (Å²) in [6.07, 6.45) is 3.21. The Morgan fingerprint density at radius 3 is 3.10 bits per heavy atom. The molecule has 2 N–H and O–H groups in total. The SMILES string of the molecule is C=CCON1C(=O)N2C[C@@H]1c1cnn(C)c1C2C(N)=O. The zero-order valence-electron chi connectivity index (χ0n) is 11.0. The third kappa shape index (κ3) is 1.54. The molecule has 0 saturated carbocycles. The molecule has 0 aliphatic carbocycles. The summed E-state index contributed by atoms with van der Waals surface area (Å²) in [5, 5.41) is 5.43. The van der Waals surface area contributed by atoms with Gasteiger partial charge in [-0.25, -0.2) is 4.79 Å². The predicted molar refractivity (Wildman–Crippen MR) is 68.0 cm³/mol. The van der Waals surface area contributed by atoms with Crippen molar-refractivity contribution in [2.45, 2.75) is 12.1 Å². The number of primary amides is 1. The molecule has 0 radical (unpaired) electrons. The quantitative estimate of drug-likeness (QED) is 0.775. The highest BCUT2D eigenvalue weighted by molar-refractivity contribution is 5.89. The van der Waals surface area contributed by atoms with Gasteiger partial charge in [0, 0.05) is 12.6 Å². The maximum atomic E-state index is 12.3. The fourth-order valence-corrected chi connectivity index (χ4v) is 2.81. The van der Waals surface area contributed by atoms with Crippen LogP contribution < -0.4 is 5.73 Å². The maximum absolute atomic E-state index is 12.3.